The van der Waals surface area contributed by atoms with E-state index in [0.29, 0.717) is 36.0 Å². The number of anilines is 1. The fourth-order valence-corrected chi connectivity index (χ4v) is 3.16. The molecular formula is C20H22N4O2. The van der Waals surface area contributed by atoms with Crippen molar-refractivity contribution in [1.82, 2.24) is 14.5 Å². The molecule has 134 valence electrons. The number of rotatable bonds is 3. The third kappa shape index (κ3) is 3.08. The van der Waals surface area contributed by atoms with Crippen LogP contribution in [-0.2, 0) is 4.74 Å². The molecule has 0 unspecified atom stereocenters. The molecule has 0 radical (unpaired) electrons. The third-order valence-electron chi connectivity index (χ3n) is 4.77. The summed E-state index contributed by atoms with van der Waals surface area (Å²) >= 11 is 0. The second-order valence-corrected chi connectivity index (χ2v) is 6.81. The van der Waals surface area contributed by atoms with Gasteiger partial charge < -0.3 is 9.64 Å². The van der Waals surface area contributed by atoms with E-state index < -0.39 is 0 Å². The first-order valence-electron chi connectivity index (χ1n) is 8.95. The molecule has 0 spiro atoms. The molecule has 6 nitrogen and oxygen atoms in total. The van der Waals surface area contributed by atoms with Gasteiger partial charge in [0.15, 0.2) is 0 Å². The van der Waals surface area contributed by atoms with Gasteiger partial charge in [-0.2, -0.15) is 0 Å². The zero-order chi connectivity index (χ0) is 18.1. The van der Waals surface area contributed by atoms with Crippen LogP contribution in [0.15, 0.2) is 47.5 Å². The van der Waals surface area contributed by atoms with Crippen molar-refractivity contribution in [2.75, 3.05) is 31.2 Å². The van der Waals surface area contributed by atoms with Crippen molar-refractivity contribution in [1.29, 1.82) is 0 Å². The normalized spacial score (nSPS) is 15.0. The van der Waals surface area contributed by atoms with Crippen LogP contribution >= 0.6 is 0 Å². The van der Waals surface area contributed by atoms with Crippen molar-refractivity contribution < 1.29 is 4.74 Å². The number of pyridine rings is 1. The van der Waals surface area contributed by atoms with Crippen molar-refractivity contribution in [3.05, 3.63) is 58.6 Å². The molecule has 3 aromatic rings. The van der Waals surface area contributed by atoms with Crippen molar-refractivity contribution in [3.8, 4) is 5.69 Å². The Hall–Kier alpha value is -2.73. The maximum Gasteiger partial charge on any atom is 0.266 e. The monoisotopic (exact) mass is 350 g/mol. The fourth-order valence-electron chi connectivity index (χ4n) is 3.16. The third-order valence-corrected chi connectivity index (χ3v) is 4.77. The first-order valence-corrected chi connectivity index (χ1v) is 8.95. The summed E-state index contributed by atoms with van der Waals surface area (Å²) in [7, 11) is 0. The summed E-state index contributed by atoms with van der Waals surface area (Å²) in [6, 6.07) is 9.96. The molecule has 26 heavy (non-hydrogen) atoms. The number of aromatic nitrogens is 3. The summed E-state index contributed by atoms with van der Waals surface area (Å²) in [5.41, 5.74) is 2.66. The van der Waals surface area contributed by atoms with Gasteiger partial charge in [0.25, 0.3) is 5.56 Å². The van der Waals surface area contributed by atoms with Crippen LogP contribution in [0.3, 0.4) is 0 Å². The van der Waals surface area contributed by atoms with E-state index in [2.05, 4.69) is 40.8 Å². The Balaban J connectivity index is 1.71. The second-order valence-electron chi connectivity index (χ2n) is 6.81. The lowest BCUT2D eigenvalue weighted by Gasteiger charge is -2.26. The van der Waals surface area contributed by atoms with Gasteiger partial charge >= 0.3 is 0 Å². The molecule has 0 bridgehead atoms. The van der Waals surface area contributed by atoms with Crippen LogP contribution in [0.2, 0.25) is 0 Å². The smallest absolute Gasteiger partial charge is 0.266 e. The summed E-state index contributed by atoms with van der Waals surface area (Å²) in [5.74, 6) is 1.11. The van der Waals surface area contributed by atoms with Crippen LogP contribution in [0.25, 0.3) is 16.6 Å². The predicted molar refractivity (Wildman–Crippen MR) is 102 cm³/mol. The average molecular weight is 350 g/mol. The quantitative estimate of drug-likeness (QED) is 0.727. The Kier molecular flexibility index (Phi) is 4.42. The van der Waals surface area contributed by atoms with Crippen LogP contribution in [0, 0.1) is 0 Å². The lowest BCUT2D eigenvalue weighted by atomic mass is 10.0. The van der Waals surface area contributed by atoms with E-state index in [-0.39, 0.29) is 5.56 Å². The molecule has 1 saturated heterocycles. The summed E-state index contributed by atoms with van der Waals surface area (Å²) in [6.45, 7) is 7.20. The number of nitrogens with zero attached hydrogens (tertiary/aromatic N) is 4. The molecule has 0 N–H and O–H groups in total. The Morgan fingerprint density at radius 1 is 1.08 bits per heavy atom. The van der Waals surface area contributed by atoms with E-state index in [4.69, 9.17) is 4.74 Å². The van der Waals surface area contributed by atoms with Crippen molar-refractivity contribution in [3.63, 3.8) is 0 Å². The van der Waals surface area contributed by atoms with Crippen LogP contribution in [-0.4, -0.2) is 40.8 Å². The summed E-state index contributed by atoms with van der Waals surface area (Å²) in [6.07, 6.45) is 3.42. The molecule has 1 aliphatic rings. The SMILES string of the molecule is CC(C)c1ccc(-n2ccc3nc(N4CCOCC4)ncc3c2=O)cc1. The average Bonchev–Trinajstić information content (AvgIpc) is 2.69. The minimum Gasteiger partial charge on any atom is -0.378 e. The zero-order valence-electron chi connectivity index (χ0n) is 15.1. The summed E-state index contributed by atoms with van der Waals surface area (Å²) in [5, 5.41) is 0.525. The molecule has 3 heterocycles. The van der Waals surface area contributed by atoms with E-state index in [1.807, 2.05) is 18.2 Å². The number of morpholine rings is 1. The molecule has 1 aromatic carbocycles. The highest BCUT2D eigenvalue weighted by molar-refractivity contribution is 5.78. The highest BCUT2D eigenvalue weighted by Gasteiger charge is 2.15. The molecule has 1 fully saturated rings. The van der Waals surface area contributed by atoms with Gasteiger partial charge in [0.2, 0.25) is 5.95 Å². The maximum atomic E-state index is 12.9. The summed E-state index contributed by atoms with van der Waals surface area (Å²) in [4.78, 5) is 24.0. The van der Waals surface area contributed by atoms with Gasteiger partial charge in [-0.1, -0.05) is 26.0 Å². The number of fused-ring (bicyclic) bond motifs is 1. The first kappa shape index (κ1) is 16.7. The number of hydrogen-bond donors (Lipinski definition) is 0. The second kappa shape index (κ2) is 6.88. The van der Waals surface area contributed by atoms with Gasteiger partial charge in [0.05, 0.1) is 24.1 Å². The van der Waals surface area contributed by atoms with E-state index in [1.165, 1.54) is 5.56 Å². The molecule has 0 saturated carbocycles. The highest BCUT2D eigenvalue weighted by atomic mass is 16.5. The van der Waals surface area contributed by atoms with Gasteiger partial charge in [-0.25, -0.2) is 9.97 Å². The van der Waals surface area contributed by atoms with Crippen LogP contribution in [0.4, 0.5) is 5.95 Å². The molecular weight excluding hydrogens is 328 g/mol. The largest absolute Gasteiger partial charge is 0.378 e. The minimum absolute atomic E-state index is 0.103. The van der Waals surface area contributed by atoms with Crippen molar-refractivity contribution in [2.45, 2.75) is 19.8 Å². The fraction of sp³-hybridized carbons (Fsp3) is 0.350. The Morgan fingerprint density at radius 2 is 1.81 bits per heavy atom. The van der Waals surface area contributed by atoms with E-state index in [9.17, 15) is 4.79 Å². The Bertz CT molecular complexity index is 973. The maximum absolute atomic E-state index is 12.9. The molecule has 0 aliphatic carbocycles. The van der Waals surface area contributed by atoms with Crippen molar-refractivity contribution >= 4 is 16.9 Å². The van der Waals surface area contributed by atoms with Gasteiger partial charge in [-0.3, -0.25) is 9.36 Å². The van der Waals surface area contributed by atoms with Crippen LogP contribution in [0.5, 0.6) is 0 Å². The molecule has 0 amide bonds. The Morgan fingerprint density at radius 3 is 2.50 bits per heavy atom. The van der Waals surface area contributed by atoms with Crippen molar-refractivity contribution in [2.24, 2.45) is 0 Å². The van der Waals surface area contributed by atoms with E-state index in [0.717, 1.165) is 18.8 Å². The minimum atomic E-state index is -0.103. The molecule has 6 heteroatoms. The molecule has 4 rings (SSSR count). The number of ether oxygens (including phenoxy) is 1. The lowest BCUT2D eigenvalue weighted by Crippen LogP contribution is -2.37. The van der Waals surface area contributed by atoms with E-state index >= 15 is 0 Å². The Labute approximate surface area is 152 Å². The van der Waals surface area contributed by atoms with Gasteiger partial charge in [0, 0.05) is 31.2 Å². The highest BCUT2D eigenvalue weighted by Crippen LogP contribution is 2.18. The predicted octanol–water partition coefficient (Wildman–Crippen LogP) is 2.74. The molecule has 0 atom stereocenters. The van der Waals surface area contributed by atoms with Crippen LogP contribution in [0.1, 0.15) is 25.3 Å². The van der Waals surface area contributed by atoms with Gasteiger partial charge in [-0.15, -0.1) is 0 Å². The van der Waals surface area contributed by atoms with Gasteiger partial charge in [-0.05, 0) is 29.7 Å². The molecule has 1 aliphatic heterocycles. The zero-order valence-corrected chi connectivity index (χ0v) is 15.1. The van der Waals surface area contributed by atoms with Gasteiger partial charge in [0.1, 0.15) is 0 Å². The van der Waals surface area contributed by atoms with Crippen LogP contribution < -0.4 is 10.5 Å². The number of hydrogen-bond acceptors (Lipinski definition) is 5. The first-order chi connectivity index (χ1) is 12.6. The number of benzene rings is 1. The summed E-state index contributed by atoms with van der Waals surface area (Å²) < 4.78 is 7.01. The molecule has 2 aromatic heterocycles. The lowest BCUT2D eigenvalue weighted by molar-refractivity contribution is 0.122. The topological polar surface area (TPSA) is 60.3 Å². The standard InChI is InChI=1S/C20H22N4O2/c1-14(2)15-3-5-16(6-4-15)24-8-7-18-17(19(24)25)13-21-20(22-18)23-9-11-26-12-10-23/h3-8,13-14H,9-12H2,1-2H3. The van der Waals surface area contributed by atoms with E-state index in [1.54, 1.807) is 17.0 Å².